The van der Waals surface area contributed by atoms with Gasteiger partial charge in [0, 0.05) is 12.5 Å². The molecule has 0 atom stereocenters. The number of aryl methyl sites for hydroxylation is 2. The second-order valence-corrected chi connectivity index (χ2v) is 6.34. The van der Waals surface area contributed by atoms with Crippen molar-refractivity contribution in [1.29, 1.82) is 0 Å². The van der Waals surface area contributed by atoms with Crippen molar-refractivity contribution in [3.8, 4) is 11.3 Å². The van der Waals surface area contributed by atoms with Crippen molar-refractivity contribution in [3.63, 3.8) is 0 Å². The predicted molar refractivity (Wildman–Crippen MR) is 105 cm³/mol. The first-order valence-corrected chi connectivity index (χ1v) is 8.70. The van der Waals surface area contributed by atoms with Crippen LogP contribution in [0.1, 0.15) is 29.4 Å². The summed E-state index contributed by atoms with van der Waals surface area (Å²) in [6, 6.07) is 18.3. The van der Waals surface area contributed by atoms with E-state index >= 15 is 0 Å². The van der Waals surface area contributed by atoms with E-state index < -0.39 is 0 Å². The van der Waals surface area contributed by atoms with Gasteiger partial charge in [0.2, 0.25) is 5.91 Å². The number of amides is 1. The highest BCUT2D eigenvalue weighted by Crippen LogP contribution is 2.32. The fourth-order valence-corrected chi connectivity index (χ4v) is 3.21. The molecule has 0 radical (unpaired) electrons. The third kappa shape index (κ3) is 3.26. The predicted octanol–water partition coefficient (Wildman–Crippen LogP) is 4.37. The first kappa shape index (κ1) is 16.2. The van der Waals surface area contributed by atoms with Crippen LogP contribution in [-0.4, -0.2) is 15.9 Å². The molecule has 1 amide bonds. The third-order valence-electron chi connectivity index (χ3n) is 4.43. The summed E-state index contributed by atoms with van der Waals surface area (Å²) >= 11 is 0. The molecule has 2 aromatic carbocycles. The number of nitrogens with one attached hydrogen (secondary N) is 1. The molecule has 4 rings (SSSR count). The summed E-state index contributed by atoms with van der Waals surface area (Å²) in [5.41, 5.74) is 6.00. The number of nitrogens with zero attached hydrogens (tertiary/aromatic N) is 2. The van der Waals surface area contributed by atoms with Crippen molar-refractivity contribution < 1.29 is 4.79 Å². The van der Waals surface area contributed by atoms with E-state index in [1.165, 1.54) is 12.5 Å². The van der Waals surface area contributed by atoms with Gasteiger partial charge in [0.15, 0.2) is 5.82 Å². The molecule has 0 saturated heterocycles. The van der Waals surface area contributed by atoms with Crippen LogP contribution >= 0.6 is 0 Å². The largest absolute Gasteiger partial charge is 0.309 e. The molecule has 4 heteroatoms. The lowest BCUT2D eigenvalue weighted by Crippen LogP contribution is -2.15. The number of benzene rings is 2. The molecule has 0 unspecified atom stereocenters. The Balaban J connectivity index is 1.81. The van der Waals surface area contributed by atoms with E-state index in [0.717, 1.165) is 35.4 Å². The zero-order valence-electron chi connectivity index (χ0n) is 14.6. The highest BCUT2D eigenvalue weighted by Gasteiger charge is 2.20. The van der Waals surface area contributed by atoms with E-state index in [1.807, 2.05) is 48.6 Å². The van der Waals surface area contributed by atoms with Crippen molar-refractivity contribution in [2.45, 2.75) is 19.8 Å². The van der Waals surface area contributed by atoms with Crippen LogP contribution in [0.5, 0.6) is 0 Å². The molecule has 0 spiro atoms. The topological polar surface area (TPSA) is 54.9 Å². The first-order valence-electron chi connectivity index (χ1n) is 8.70. The molecule has 26 heavy (non-hydrogen) atoms. The molecule has 1 N–H and O–H groups in total. The molecule has 128 valence electrons. The van der Waals surface area contributed by atoms with Gasteiger partial charge in [0.1, 0.15) is 5.69 Å². The number of rotatable bonds is 3. The minimum absolute atomic E-state index is 0.148. The van der Waals surface area contributed by atoms with Gasteiger partial charge < -0.3 is 5.32 Å². The van der Waals surface area contributed by atoms with Crippen LogP contribution in [0.4, 0.5) is 5.82 Å². The molecule has 1 aliphatic carbocycles. The Morgan fingerprint density at radius 3 is 2.54 bits per heavy atom. The smallest absolute Gasteiger partial charge is 0.222 e. The minimum Gasteiger partial charge on any atom is -0.309 e. The number of aromatic nitrogens is 2. The van der Waals surface area contributed by atoms with Crippen LogP contribution in [0, 0.1) is 0 Å². The zero-order chi connectivity index (χ0) is 17.9. The Hall–Kier alpha value is -3.27. The van der Waals surface area contributed by atoms with Gasteiger partial charge in [0.25, 0.3) is 0 Å². The average molecular weight is 341 g/mol. The Labute approximate surface area is 152 Å². The molecule has 0 fully saturated rings. The summed E-state index contributed by atoms with van der Waals surface area (Å²) in [4.78, 5) is 21.2. The fraction of sp³-hybridized carbons (Fsp3) is 0.136. The molecule has 1 aliphatic rings. The number of anilines is 1. The molecule has 0 bridgehead atoms. The molecular formula is C22H19N3O. The van der Waals surface area contributed by atoms with E-state index in [1.54, 1.807) is 0 Å². The Bertz CT molecular complexity index is 994. The quantitative estimate of drug-likeness (QED) is 0.769. The van der Waals surface area contributed by atoms with Gasteiger partial charge in [-0.2, -0.15) is 0 Å². The first-order chi connectivity index (χ1) is 12.7. The summed E-state index contributed by atoms with van der Waals surface area (Å²) in [7, 11) is 0. The highest BCUT2D eigenvalue weighted by molar-refractivity contribution is 5.90. The summed E-state index contributed by atoms with van der Waals surface area (Å²) < 4.78 is 0. The van der Waals surface area contributed by atoms with Crippen molar-refractivity contribution in [2.75, 3.05) is 5.32 Å². The highest BCUT2D eigenvalue weighted by atomic mass is 16.1. The standard InChI is InChI=1S/C22H19N3O/c1-15(26)23-22-20(13-11-16-7-3-2-4-8-16)24-21-18-10-6-5-9-17(18)12-14-19(21)25-22/h2-11,13H,12,14H2,1H3,(H,23,25,26)/b13-11+. The number of hydrogen-bond acceptors (Lipinski definition) is 3. The van der Waals surface area contributed by atoms with Crippen LogP contribution in [0.25, 0.3) is 23.4 Å². The lowest BCUT2D eigenvalue weighted by Gasteiger charge is -2.20. The van der Waals surface area contributed by atoms with Crippen LogP contribution in [0.2, 0.25) is 0 Å². The van der Waals surface area contributed by atoms with Gasteiger partial charge in [-0.25, -0.2) is 9.97 Å². The SMILES string of the molecule is CC(=O)Nc1nc2c(nc1/C=C/c1ccccc1)-c1ccccc1CC2. The number of carbonyl (C=O) groups excluding carboxylic acids is 1. The van der Waals surface area contributed by atoms with Gasteiger partial charge in [-0.05, 0) is 30.0 Å². The second-order valence-electron chi connectivity index (χ2n) is 6.34. The van der Waals surface area contributed by atoms with E-state index in [4.69, 9.17) is 9.97 Å². The fourth-order valence-electron chi connectivity index (χ4n) is 3.21. The lowest BCUT2D eigenvalue weighted by molar-refractivity contribution is -0.114. The van der Waals surface area contributed by atoms with Crippen LogP contribution < -0.4 is 5.32 Å². The maximum atomic E-state index is 11.6. The number of carbonyl (C=O) groups is 1. The average Bonchev–Trinajstić information content (AvgIpc) is 2.66. The van der Waals surface area contributed by atoms with Crippen LogP contribution in [-0.2, 0) is 17.6 Å². The summed E-state index contributed by atoms with van der Waals surface area (Å²) in [5.74, 6) is 0.368. The second kappa shape index (κ2) is 6.92. The van der Waals surface area contributed by atoms with Gasteiger partial charge in [-0.15, -0.1) is 0 Å². The van der Waals surface area contributed by atoms with Crippen molar-refractivity contribution in [3.05, 3.63) is 77.1 Å². The summed E-state index contributed by atoms with van der Waals surface area (Å²) in [6.07, 6.45) is 5.66. The van der Waals surface area contributed by atoms with E-state index in [2.05, 4.69) is 23.5 Å². The van der Waals surface area contributed by atoms with E-state index in [9.17, 15) is 4.79 Å². The Morgan fingerprint density at radius 1 is 0.962 bits per heavy atom. The lowest BCUT2D eigenvalue weighted by atomic mass is 9.92. The summed E-state index contributed by atoms with van der Waals surface area (Å²) in [5, 5.41) is 2.82. The molecular weight excluding hydrogens is 322 g/mol. The minimum atomic E-state index is -0.148. The van der Waals surface area contributed by atoms with Crippen LogP contribution in [0.15, 0.2) is 54.6 Å². The number of fused-ring (bicyclic) bond motifs is 3. The third-order valence-corrected chi connectivity index (χ3v) is 4.43. The number of hydrogen-bond donors (Lipinski definition) is 1. The Morgan fingerprint density at radius 2 is 1.73 bits per heavy atom. The van der Waals surface area contributed by atoms with Gasteiger partial charge in [-0.1, -0.05) is 60.7 Å². The van der Waals surface area contributed by atoms with Gasteiger partial charge >= 0.3 is 0 Å². The zero-order valence-corrected chi connectivity index (χ0v) is 14.6. The van der Waals surface area contributed by atoms with Crippen LogP contribution in [0.3, 0.4) is 0 Å². The normalized spacial score (nSPS) is 12.5. The molecule has 0 aliphatic heterocycles. The van der Waals surface area contributed by atoms with Gasteiger partial charge in [0.05, 0.1) is 11.4 Å². The van der Waals surface area contributed by atoms with E-state index in [-0.39, 0.29) is 5.91 Å². The van der Waals surface area contributed by atoms with Crippen molar-refractivity contribution >= 4 is 23.9 Å². The molecule has 0 saturated carbocycles. The molecule has 1 aromatic heterocycles. The monoisotopic (exact) mass is 341 g/mol. The van der Waals surface area contributed by atoms with Crippen molar-refractivity contribution in [1.82, 2.24) is 9.97 Å². The summed E-state index contributed by atoms with van der Waals surface area (Å²) in [6.45, 7) is 1.49. The molecule has 3 aromatic rings. The maximum absolute atomic E-state index is 11.6. The van der Waals surface area contributed by atoms with E-state index in [0.29, 0.717) is 11.5 Å². The van der Waals surface area contributed by atoms with Gasteiger partial charge in [-0.3, -0.25) is 4.79 Å². The van der Waals surface area contributed by atoms with Crippen molar-refractivity contribution in [2.24, 2.45) is 0 Å². The molecule has 4 nitrogen and oxygen atoms in total. The Kier molecular flexibility index (Phi) is 4.32. The molecule has 1 heterocycles. The maximum Gasteiger partial charge on any atom is 0.222 e.